The van der Waals surface area contributed by atoms with E-state index in [0.29, 0.717) is 11.7 Å². The van der Waals surface area contributed by atoms with Crippen LogP contribution in [0.2, 0.25) is 0 Å². The van der Waals surface area contributed by atoms with Crippen LogP contribution in [0.4, 0.5) is 0 Å². The standard InChI is InChI=1S/C11H23IN2OS/c1-5-14(6-2)11(15)7-10(16-9-12)8-13(3)4/h10H,5-9H2,1-4H3. The van der Waals surface area contributed by atoms with Crippen molar-refractivity contribution in [3.8, 4) is 0 Å². The van der Waals surface area contributed by atoms with Crippen molar-refractivity contribution in [2.75, 3.05) is 37.5 Å². The molecule has 0 aliphatic carbocycles. The molecule has 0 N–H and O–H groups in total. The van der Waals surface area contributed by atoms with E-state index in [1.54, 1.807) is 0 Å². The van der Waals surface area contributed by atoms with Crippen LogP contribution in [0.3, 0.4) is 0 Å². The van der Waals surface area contributed by atoms with Crippen LogP contribution in [0.5, 0.6) is 0 Å². The lowest BCUT2D eigenvalue weighted by molar-refractivity contribution is -0.130. The first kappa shape index (κ1) is 16.5. The summed E-state index contributed by atoms with van der Waals surface area (Å²) in [5.41, 5.74) is 0. The molecule has 0 saturated carbocycles. The lowest BCUT2D eigenvalue weighted by Crippen LogP contribution is -2.35. The Kier molecular flexibility index (Phi) is 9.83. The first-order chi connectivity index (χ1) is 7.54. The summed E-state index contributed by atoms with van der Waals surface area (Å²) >= 11 is 4.22. The molecule has 0 radical (unpaired) electrons. The van der Waals surface area contributed by atoms with Gasteiger partial charge in [0.25, 0.3) is 0 Å². The summed E-state index contributed by atoms with van der Waals surface area (Å²) < 4.78 is 1.04. The molecule has 0 spiro atoms. The lowest BCUT2D eigenvalue weighted by atomic mass is 10.2. The van der Waals surface area contributed by atoms with Crippen LogP contribution in [-0.4, -0.2) is 58.4 Å². The number of hydrogen-bond donors (Lipinski definition) is 0. The molecule has 5 heteroatoms. The van der Waals surface area contributed by atoms with Gasteiger partial charge in [-0.3, -0.25) is 4.79 Å². The van der Waals surface area contributed by atoms with E-state index in [-0.39, 0.29) is 5.91 Å². The zero-order valence-electron chi connectivity index (χ0n) is 10.7. The number of rotatable bonds is 8. The number of alkyl halides is 1. The zero-order chi connectivity index (χ0) is 12.6. The molecule has 0 rings (SSSR count). The predicted molar refractivity (Wildman–Crippen MR) is 81.4 cm³/mol. The molecule has 0 bridgehead atoms. The largest absolute Gasteiger partial charge is 0.343 e. The third-order valence-electron chi connectivity index (χ3n) is 2.39. The maximum atomic E-state index is 12.0. The van der Waals surface area contributed by atoms with Gasteiger partial charge in [0.2, 0.25) is 5.91 Å². The van der Waals surface area contributed by atoms with Gasteiger partial charge >= 0.3 is 0 Å². The van der Waals surface area contributed by atoms with Crippen molar-refractivity contribution < 1.29 is 4.79 Å². The van der Waals surface area contributed by atoms with Crippen molar-refractivity contribution in [2.24, 2.45) is 0 Å². The predicted octanol–water partition coefficient (Wildman–Crippen LogP) is 2.30. The number of carbonyl (C=O) groups is 1. The van der Waals surface area contributed by atoms with Gasteiger partial charge in [0, 0.05) is 35.1 Å². The van der Waals surface area contributed by atoms with Gasteiger partial charge in [-0.25, -0.2) is 0 Å². The van der Waals surface area contributed by atoms with Crippen molar-refractivity contribution in [1.82, 2.24) is 9.80 Å². The van der Waals surface area contributed by atoms with Gasteiger partial charge in [0.15, 0.2) is 0 Å². The molecule has 1 atom stereocenters. The summed E-state index contributed by atoms with van der Waals surface area (Å²) in [6.07, 6.45) is 0.660. The minimum atomic E-state index is 0.286. The minimum Gasteiger partial charge on any atom is -0.343 e. The Morgan fingerprint density at radius 2 is 1.88 bits per heavy atom. The smallest absolute Gasteiger partial charge is 0.223 e. The summed E-state index contributed by atoms with van der Waals surface area (Å²) in [4.78, 5) is 16.0. The molecule has 96 valence electrons. The fourth-order valence-corrected chi connectivity index (χ4v) is 3.94. The summed E-state index contributed by atoms with van der Waals surface area (Å²) in [6, 6.07) is 0. The van der Waals surface area contributed by atoms with Crippen LogP contribution in [-0.2, 0) is 4.79 Å². The molecule has 16 heavy (non-hydrogen) atoms. The van der Waals surface area contributed by atoms with Crippen LogP contribution in [0.15, 0.2) is 0 Å². The lowest BCUT2D eigenvalue weighted by Gasteiger charge is -2.24. The zero-order valence-corrected chi connectivity index (χ0v) is 13.7. The van der Waals surface area contributed by atoms with E-state index in [0.717, 1.165) is 23.4 Å². The van der Waals surface area contributed by atoms with Crippen LogP contribution in [0.25, 0.3) is 0 Å². The van der Waals surface area contributed by atoms with Crippen molar-refractivity contribution in [3.63, 3.8) is 0 Å². The number of hydrogen-bond acceptors (Lipinski definition) is 3. The van der Waals surface area contributed by atoms with Gasteiger partial charge in [-0.2, -0.15) is 0 Å². The first-order valence-electron chi connectivity index (χ1n) is 5.65. The molecule has 0 aromatic rings. The Hall–Kier alpha value is 0.510. The Morgan fingerprint density at radius 1 is 1.31 bits per heavy atom. The molecule has 1 unspecified atom stereocenters. The Balaban J connectivity index is 4.20. The van der Waals surface area contributed by atoms with Crippen LogP contribution < -0.4 is 0 Å². The van der Waals surface area contributed by atoms with E-state index in [1.165, 1.54) is 0 Å². The average molecular weight is 358 g/mol. The van der Waals surface area contributed by atoms with Crippen molar-refractivity contribution in [3.05, 3.63) is 0 Å². The number of halogens is 1. The molecule has 0 heterocycles. The third kappa shape index (κ3) is 6.96. The monoisotopic (exact) mass is 358 g/mol. The summed E-state index contributed by atoms with van der Waals surface area (Å²) in [5.74, 6) is 0.286. The summed E-state index contributed by atoms with van der Waals surface area (Å²) in [6.45, 7) is 6.68. The van der Waals surface area contributed by atoms with Crippen molar-refractivity contribution in [2.45, 2.75) is 25.5 Å². The van der Waals surface area contributed by atoms with E-state index < -0.39 is 0 Å². The van der Waals surface area contributed by atoms with Gasteiger partial charge in [-0.1, -0.05) is 22.6 Å². The highest BCUT2D eigenvalue weighted by Crippen LogP contribution is 2.19. The Labute approximate surface area is 117 Å². The maximum absolute atomic E-state index is 12.0. The molecule has 0 aromatic carbocycles. The number of nitrogens with zero attached hydrogens (tertiary/aromatic N) is 2. The second-order valence-electron chi connectivity index (χ2n) is 3.93. The van der Waals surface area contributed by atoms with E-state index in [2.05, 4.69) is 41.6 Å². The fraction of sp³-hybridized carbons (Fsp3) is 0.909. The number of amides is 1. The second-order valence-corrected chi connectivity index (χ2v) is 7.02. The molecule has 0 saturated heterocycles. The van der Waals surface area contributed by atoms with E-state index in [9.17, 15) is 4.79 Å². The van der Waals surface area contributed by atoms with Crippen molar-refractivity contribution >= 4 is 40.3 Å². The van der Waals surface area contributed by atoms with Crippen LogP contribution in [0.1, 0.15) is 20.3 Å². The average Bonchev–Trinajstić information content (AvgIpc) is 2.18. The SMILES string of the molecule is CCN(CC)C(=O)CC(CN(C)C)SCI. The van der Waals surface area contributed by atoms with E-state index in [4.69, 9.17) is 0 Å². The first-order valence-corrected chi connectivity index (χ1v) is 8.22. The van der Waals surface area contributed by atoms with Gasteiger partial charge in [0.1, 0.15) is 0 Å². The fourth-order valence-electron chi connectivity index (χ4n) is 1.57. The van der Waals surface area contributed by atoms with Gasteiger partial charge in [-0.05, 0) is 27.9 Å². The quantitative estimate of drug-likeness (QED) is 0.491. The normalized spacial score (nSPS) is 12.9. The topological polar surface area (TPSA) is 23.6 Å². The van der Waals surface area contributed by atoms with Crippen LogP contribution in [0, 0.1) is 0 Å². The molecule has 0 aliphatic rings. The second kappa shape index (κ2) is 9.53. The molecule has 0 aromatic heterocycles. The van der Waals surface area contributed by atoms with Crippen molar-refractivity contribution in [1.29, 1.82) is 0 Å². The molecule has 0 fully saturated rings. The minimum absolute atomic E-state index is 0.286. The summed E-state index contributed by atoms with van der Waals surface area (Å²) in [7, 11) is 4.12. The van der Waals surface area contributed by atoms with E-state index >= 15 is 0 Å². The van der Waals surface area contributed by atoms with E-state index in [1.807, 2.05) is 30.5 Å². The summed E-state index contributed by atoms with van der Waals surface area (Å²) in [5, 5.41) is 0.417. The highest BCUT2D eigenvalue weighted by molar-refractivity contribution is 14.1. The molecular weight excluding hydrogens is 335 g/mol. The number of thioether (sulfide) groups is 1. The molecule has 0 aliphatic heterocycles. The third-order valence-corrected chi connectivity index (χ3v) is 4.38. The molecule has 3 nitrogen and oxygen atoms in total. The highest BCUT2D eigenvalue weighted by atomic mass is 127. The van der Waals surface area contributed by atoms with Gasteiger partial charge < -0.3 is 9.80 Å². The Bertz CT molecular complexity index is 198. The Morgan fingerprint density at radius 3 is 2.25 bits per heavy atom. The molecular formula is C11H23IN2OS. The van der Waals surface area contributed by atoms with Gasteiger partial charge in [-0.15, -0.1) is 11.8 Å². The number of carbonyl (C=O) groups excluding carboxylic acids is 1. The van der Waals surface area contributed by atoms with Crippen LogP contribution >= 0.6 is 34.4 Å². The highest BCUT2D eigenvalue weighted by Gasteiger charge is 2.18. The molecule has 1 amide bonds. The van der Waals surface area contributed by atoms with Gasteiger partial charge in [0.05, 0.1) is 0 Å². The maximum Gasteiger partial charge on any atom is 0.223 e.